The standard InChI is InChI=1S/C32H38ClN9/c1-20-16-27-28(17-26(20)33)40(3)32(38-27)37-22-6-4-21(5-7-22)25-18-42(31-29(25)30(34)35-19-36-31)24-10-8-23(9-11-24)41-14-12-39(2)13-15-41/h4-7,16-19,23-24H,8-15H2,1-3H3,(H,37,38)(H2,34,35,36)/t23-,24+. The van der Waals surface area contributed by atoms with E-state index in [-0.39, 0.29) is 0 Å². The highest BCUT2D eigenvalue weighted by Crippen LogP contribution is 2.39. The lowest BCUT2D eigenvalue weighted by molar-refractivity contribution is 0.0828. The number of likely N-dealkylation sites (N-methyl/N-ethyl adjacent to an activating group) is 1. The molecule has 0 bridgehead atoms. The van der Waals surface area contributed by atoms with Gasteiger partial charge in [0, 0.05) is 67.8 Å². The molecule has 2 aliphatic rings. The highest BCUT2D eigenvalue weighted by atomic mass is 35.5. The van der Waals surface area contributed by atoms with E-state index in [1.807, 2.05) is 30.7 Å². The number of benzene rings is 2. The summed E-state index contributed by atoms with van der Waals surface area (Å²) in [6, 6.07) is 13.5. The number of hydrogen-bond acceptors (Lipinski definition) is 7. The number of aromatic nitrogens is 5. The maximum atomic E-state index is 6.47. The smallest absolute Gasteiger partial charge is 0.208 e. The minimum atomic E-state index is 0.412. The molecule has 0 atom stereocenters. The summed E-state index contributed by atoms with van der Waals surface area (Å²) in [5, 5.41) is 5.14. The van der Waals surface area contributed by atoms with E-state index < -0.39 is 0 Å². The summed E-state index contributed by atoms with van der Waals surface area (Å²) in [6.45, 7) is 6.70. The molecule has 4 heterocycles. The zero-order valence-electron chi connectivity index (χ0n) is 24.5. The van der Waals surface area contributed by atoms with Crippen LogP contribution in [0.15, 0.2) is 48.9 Å². The number of nitrogens with zero attached hydrogens (tertiary/aromatic N) is 7. The lowest BCUT2D eigenvalue weighted by atomic mass is 9.89. The van der Waals surface area contributed by atoms with Crippen molar-refractivity contribution in [1.29, 1.82) is 0 Å². The first-order chi connectivity index (χ1) is 20.4. The van der Waals surface area contributed by atoms with Crippen LogP contribution in [-0.4, -0.2) is 73.2 Å². The Labute approximate surface area is 251 Å². The van der Waals surface area contributed by atoms with E-state index in [0.717, 1.165) is 68.3 Å². The van der Waals surface area contributed by atoms with Crippen LogP contribution in [0.25, 0.3) is 33.2 Å². The minimum Gasteiger partial charge on any atom is -0.383 e. The van der Waals surface area contributed by atoms with E-state index in [1.165, 1.54) is 39.0 Å². The Morgan fingerprint density at radius 1 is 0.929 bits per heavy atom. The lowest BCUT2D eigenvalue weighted by Crippen LogP contribution is -2.49. The number of aryl methyl sites for hydroxylation is 2. The molecule has 2 fully saturated rings. The second kappa shape index (κ2) is 10.9. The van der Waals surface area contributed by atoms with Crippen molar-refractivity contribution in [2.75, 3.05) is 44.3 Å². The Balaban J connectivity index is 1.13. The third-order valence-electron chi connectivity index (χ3n) is 9.37. The topological polar surface area (TPSA) is 93.1 Å². The molecule has 7 rings (SSSR count). The van der Waals surface area contributed by atoms with Crippen LogP contribution in [0.5, 0.6) is 0 Å². The van der Waals surface area contributed by atoms with Gasteiger partial charge in [-0.15, -0.1) is 0 Å². The fourth-order valence-electron chi connectivity index (χ4n) is 6.79. The summed E-state index contributed by atoms with van der Waals surface area (Å²) in [4.78, 5) is 19.0. The average molecular weight is 584 g/mol. The Morgan fingerprint density at radius 2 is 1.64 bits per heavy atom. The molecule has 3 N–H and O–H groups in total. The lowest BCUT2D eigenvalue weighted by Gasteiger charge is -2.41. The Morgan fingerprint density at radius 3 is 2.38 bits per heavy atom. The molecule has 218 valence electrons. The van der Waals surface area contributed by atoms with E-state index in [1.54, 1.807) is 6.33 Å². The van der Waals surface area contributed by atoms with Gasteiger partial charge in [-0.3, -0.25) is 4.90 Å². The van der Waals surface area contributed by atoms with Crippen molar-refractivity contribution in [2.45, 2.75) is 44.7 Å². The van der Waals surface area contributed by atoms with Crippen LogP contribution in [0.3, 0.4) is 0 Å². The predicted octanol–water partition coefficient (Wildman–Crippen LogP) is 6.00. The van der Waals surface area contributed by atoms with Gasteiger partial charge >= 0.3 is 0 Å². The summed E-state index contributed by atoms with van der Waals surface area (Å²) in [5.74, 6) is 1.29. The number of halogens is 1. The van der Waals surface area contributed by atoms with E-state index >= 15 is 0 Å². The second-order valence-electron chi connectivity index (χ2n) is 12.0. The third-order valence-corrected chi connectivity index (χ3v) is 9.77. The van der Waals surface area contributed by atoms with Crippen molar-refractivity contribution in [3.63, 3.8) is 0 Å². The van der Waals surface area contributed by atoms with Crippen molar-refractivity contribution >= 4 is 51.1 Å². The predicted molar refractivity (Wildman–Crippen MR) is 171 cm³/mol. The average Bonchev–Trinajstić information content (AvgIpc) is 3.53. The van der Waals surface area contributed by atoms with Crippen molar-refractivity contribution in [3.05, 3.63) is 59.5 Å². The minimum absolute atomic E-state index is 0.412. The van der Waals surface area contributed by atoms with Crippen LogP contribution >= 0.6 is 11.6 Å². The number of fused-ring (bicyclic) bond motifs is 2. The summed E-state index contributed by atoms with van der Waals surface area (Å²) in [7, 11) is 4.22. The molecule has 2 aromatic carbocycles. The number of nitrogens with two attached hydrogens (primary N) is 1. The van der Waals surface area contributed by atoms with Gasteiger partial charge < -0.3 is 25.1 Å². The van der Waals surface area contributed by atoms with Crippen LogP contribution in [-0.2, 0) is 7.05 Å². The van der Waals surface area contributed by atoms with Crippen molar-refractivity contribution in [2.24, 2.45) is 7.05 Å². The van der Waals surface area contributed by atoms with E-state index in [4.69, 9.17) is 27.3 Å². The van der Waals surface area contributed by atoms with Crippen LogP contribution in [0.1, 0.15) is 37.3 Å². The van der Waals surface area contributed by atoms with Gasteiger partial charge in [-0.2, -0.15) is 0 Å². The summed E-state index contributed by atoms with van der Waals surface area (Å²) in [6.07, 6.45) is 8.57. The number of piperazine rings is 1. The first kappa shape index (κ1) is 27.2. The van der Waals surface area contributed by atoms with E-state index in [2.05, 4.69) is 62.2 Å². The molecule has 0 unspecified atom stereocenters. The zero-order chi connectivity index (χ0) is 29.0. The molecule has 1 saturated heterocycles. The Kier molecular flexibility index (Phi) is 7.04. The zero-order valence-corrected chi connectivity index (χ0v) is 25.3. The number of rotatable bonds is 5. The molecule has 1 saturated carbocycles. The summed E-state index contributed by atoms with van der Waals surface area (Å²) >= 11 is 6.37. The maximum Gasteiger partial charge on any atom is 0.208 e. The molecule has 9 nitrogen and oxygen atoms in total. The van der Waals surface area contributed by atoms with Crippen LogP contribution in [0, 0.1) is 6.92 Å². The number of hydrogen-bond donors (Lipinski definition) is 2. The van der Waals surface area contributed by atoms with Gasteiger partial charge in [-0.1, -0.05) is 23.7 Å². The van der Waals surface area contributed by atoms with Crippen molar-refractivity contribution in [1.82, 2.24) is 33.9 Å². The van der Waals surface area contributed by atoms with Gasteiger partial charge in [-0.05, 0) is 75.0 Å². The molecule has 0 spiro atoms. The monoisotopic (exact) mass is 583 g/mol. The molecule has 10 heteroatoms. The van der Waals surface area contributed by atoms with Gasteiger partial charge in [-0.25, -0.2) is 15.0 Å². The van der Waals surface area contributed by atoms with Gasteiger partial charge in [0.05, 0.1) is 16.4 Å². The van der Waals surface area contributed by atoms with Gasteiger partial charge in [0.2, 0.25) is 5.95 Å². The summed E-state index contributed by atoms with van der Waals surface area (Å²) < 4.78 is 4.39. The molecule has 3 aromatic heterocycles. The van der Waals surface area contributed by atoms with Crippen LogP contribution < -0.4 is 11.1 Å². The number of imidazole rings is 1. The molecule has 0 radical (unpaired) electrons. The highest BCUT2D eigenvalue weighted by Gasteiger charge is 2.30. The van der Waals surface area contributed by atoms with E-state index in [9.17, 15) is 0 Å². The normalized spacial score (nSPS) is 20.5. The second-order valence-corrected chi connectivity index (χ2v) is 12.4. The van der Waals surface area contributed by atoms with Gasteiger partial charge in [0.25, 0.3) is 0 Å². The quantitative estimate of drug-likeness (QED) is 0.262. The highest BCUT2D eigenvalue weighted by molar-refractivity contribution is 6.32. The first-order valence-corrected chi connectivity index (χ1v) is 15.3. The van der Waals surface area contributed by atoms with Gasteiger partial charge in [0.15, 0.2) is 0 Å². The first-order valence-electron chi connectivity index (χ1n) is 14.9. The molecule has 1 aliphatic heterocycles. The number of nitrogen functional groups attached to an aromatic ring is 1. The van der Waals surface area contributed by atoms with Crippen molar-refractivity contribution < 1.29 is 0 Å². The Hall–Kier alpha value is -3.66. The van der Waals surface area contributed by atoms with Crippen LogP contribution in [0.2, 0.25) is 5.02 Å². The molecular formula is C32H38ClN9. The molecule has 0 amide bonds. The number of nitrogens with one attached hydrogen (secondary N) is 1. The molecular weight excluding hydrogens is 546 g/mol. The molecule has 5 aromatic rings. The fourth-order valence-corrected chi connectivity index (χ4v) is 6.94. The Bertz CT molecular complexity index is 1740. The summed E-state index contributed by atoms with van der Waals surface area (Å²) in [5.41, 5.74) is 13.4. The fraction of sp³-hybridized carbons (Fsp3) is 0.406. The SMILES string of the molecule is Cc1cc2nc(Nc3ccc(-c4cn([C@H]5CC[C@@H](N6CCN(C)CC6)CC5)c5ncnc(N)c45)cc3)n(C)c2cc1Cl. The molecule has 1 aliphatic carbocycles. The van der Waals surface area contributed by atoms with Crippen LogP contribution in [0.4, 0.5) is 17.5 Å². The van der Waals surface area contributed by atoms with E-state index in [0.29, 0.717) is 17.9 Å². The largest absolute Gasteiger partial charge is 0.383 e. The molecule has 42 heavy (non-hydrogen) atoms. The maximum absolute atomic E-state index is 6.47. The van der Waals surface area contributed by atoms with Gasteiger partial charge in [0.1, 0.15) is 17.8 Å². The number of anilines is 3. The van der Waals surface area contributed by atoms with Crippen molar-refractivity contribution in [3.8, 4) is 11.1 Å². The third kappa shape index (κ3) is 4.89.